The van der Waals surface area contributed by atoms with Gasteiger partial charge < -0.3 is 14.2 Å². The maximum atomic E-state index is 11.2. The lowest BCUT2D eigenvalue weighted by molar-refractivity contribution is -0.125. The number of rotatable bonds is 11. The minimum Gasteiger partial charge on any atom is -0.377 e. The first-order valence-corrected chi connectivity index (χ1v) is 6.57. The third-order valence-electron chi connectivity index (χ3n) is 2.34. The van der Waals surface area contributed by atoms with Crippen molar-refractivity contribution in [3.8, 4) is 11.8 Å². The fourth-order valence-corrected chi connectivity index (χ4v) is 1.34. The number of hydrogen-bond acceptors (Lipinski definition) is 7. The average Bonchev–Trinajstić information content (AvgIpc) is 2.98. The first kappa shape index (κ1) is 17.3. The molecule has 0 radical (unpaired) electrons. The van der Waals surface area contributed by atoms with Crippen molar-refractivity contribution in [2.45, 2.75) is 19.7 Å². The van der Waals surface area contributed by atoms with Crippen LogP contribution in [-0.2, 0) is 25.5 Å². The highest BCUT2D eigenvalue weighted by Crippen LogP contribution is 1.88. The number of ether oxygens (including phenoxy) is 3. The molecule has 0 bridgehead atoms. The molecule has 1 heterocycles. The van der Waals surface area contributed by atoms with Gasteiger partial charge in [-0.25, -0.2) is 0 Å². The van der Waals surface area contributed by atoms with Crippen molar-refractivity contribution in [1.82, 2.24) is 15.0 Å². The van der Waals surface area contributed by atoms with Gasteiger partial charge in [-0.3, -0.25) is 15.2 Å². The van der Waals surface area contributed by atoms with E-state index in [9.17, 15) is 4.79 Å². The van der Waals surface area contributed by atoms with Gasteiger partial charge in [-0.1, -0.05) is 11.1 Å². The molecule has 0 saturated carbocycles. The van der Waals surface area contributed by atoms with E-state index in [0.717, 1.165) is 0 Å². The molecule has 1 atom stereocenters. The largest absolute Gasteiger partial charge is 0.377 e. The Hall–Kier alpha value is -1.79. The number of aromatic nitrogens is 3. The minimum atomic E-state index is -1.01. The van der Waals surface area contributed by atoms with E-state index in [1.165, 1.54) is 0 Å². The van der Waals surface area contributed by atoms with E-state index in [1.807, 2.05) is 0 Å². The van der Waals surface area contributed by atoms with Crippen LogP contribution in [0.5, 0.6) is 0 Å². The summed E-state index contributed by atoms with van der Waals surface area (Å²) in [6.07, 6.45) is 2.37. The molecule has 0 aliphatic carbocycles. The van der Waals surface area contributed by atoms with Crippen molar-refractivity contribution in [1.29, 1.82) is 0 Å². The minimum absolute atomic E-state index is 0.233. The first-order chi connectivity index (χ1) is 10.2. The Morgan fingerprint density at radius 1 is 1.29 bits per heavy atom. The van der Waals surface area contributed by atoms with Gasteiger partial charge in [-0.2, -0.15) is 0 Å². The van der Waals surface area contributed by atoms with Crippen LogP contribution in [0.15, 0.2) is 12.4 Å². The maximum absolute atomic E-state index is 11.2. The van der Waals surface area contributed by atoms with Crippen molar-refractivity contribution in [3.05, 3.63) is 12.4 Å². The zero-order valence-electron chi connectivity index (χ0n) is 12.0. The van der Waals surface area contributed by atoms with E-state index in [0.29, 0.717) is 33.0 Å². The van der Waals surface area contributed by atoms with Crippen LogP contribution in [-0.4, -0.2) is 60.0 Å². The fourth-order valence-electron chi connectivity index (χ4n) is 1.34. The van der Waals surface area contributed by atoms with E-state index in [2.05, 4.69) is 22.2 Å². The lowest BCUT2D eigenvalue weighted by Gasteiger charge is -2.09. The third-order valence-corrected chi connectivity index (χ3v) is 2.34. The van der Waals surface area contributed by atoms with Crippen LogP contribution >= 0.6 is 0 Å². The van der Waals surface area contributed by atoms with E-state index >= 15 is 0 Å². The zero-order chi connectivity index (χ0) is 15.3. The standard InChI is InChI=1S/C13H20N4O4/c1-2-3-12(18)13(14)21-11-10-20-9-8-19-7-6-17-5-4-15-16-17/h4-5,13H,6-11,14H2,1H3. The molecule has 8 heteroatoms. The van der Waals surface area contributed by atoms with E-state index in [-0.39, 0.29) is 6.61 Å². The molecule has 1 aromatic heterocycles. The first-order valence-electron chi connectivity index (χ1n) is 6.57. The Balaban J connectivity index is 1.88. The number of nitrogens with two attached hydrogens (primary N) is 1. The topological polar surface area (TPSA) is 101 Å². The van der Waals surface area contributed by atoms with Gasteiger partial charge in [0.05, 0.1) is 45.8 Å². The number of Topliss-reactive ketones (excluding diaryl/α,β-unsaturated/α-hetero) is 1. The highest BCUT2D eigenvalue weighted by Gasteiger charge is 2.10. The molecule has 21 heavy (non-hydrogen) atoms. The quantitative estimate of drug-likeness (QED) is 0.247. The molecule has 0 aromatic carbocycles. The van der Waals surface area contributed by atoms with Crippen molar-refractivity contribution in [3.63, 3.8) is 0 Å². The van der Waals surface area contributed by atoms with E-state index in [4.69, 9.17) is 19.9 Å². The van der Waals surface area contributed by atoms with Gasteiger partial charge in [0.25, 0.3) is 0 Å². The van der Waals surface area contributed by atoms with Crippen LogP contribution in [0.25, 0.3) is 0 Å². The molecule has 1 rings (SSSR count). The van der Waals surface area contributed by atoms with Gasteiger partial charge in [0.15, 0.2) is 6.23 Å². The molecule has 0 aliphatic rings. The molecule has 116 valence electrons. The predicted octanol–water partition coefficient (Wildman–Crippen LogP) is -0.795. The highest BCUT2D eigenvalue weighted by atomic mass is 16.5. The summed E-state index contributed by atoms with van der Waals surface area (Å²) in [7, 11) is 0. The number of nitrogens with zero attached hydrogens (tertiary/aromatic N) is 3. The summed E-state index contributed by atoms with van der Waals surface area (Å²) >= 11 is 0. The molecule has 1 unspecified atom stereocenters. The third kappa shape index (κ3) is 8.16. The van der Waals surface area contributed by atoms with Crippen LogP contribution in [0.2, 0.25) is 0 Å². The van der Waals surface area contributed by atoms with E-state index < -0.39 is 12.0 Å². The predicted molar refractivity (Wildman–Crippen MR) is 74.0 cm³/mol. The van der Waals surface area contributed by atoms with E-state index in [1.54, 1.807) is 24.0 Å². The molecule has 1 aromatic rings. The van der Waals surface area contributed by atoms with Crippen LogP contribution in [0.1, 0.15) is 6.92 Å². The summed E-state index contributed by atoms with van der Waals surface area (Å²) < 4.78 is 17.4. The van der Waals surface area contributed by atoms with Gasteiger partial charge in [0.1, 0.15) is 0 Å². The molecule has 0 spiro atoms. The van der Waals surface area contributed by atoms with Gasteiger partial charge in [-0.15, -0.1) is 5.10 Å². The number of carbonyl (C=O) groups excluding carboxylic acids is 1. The maximum Gasteiger partial charge on any atom is 0.248 e. The summed E-state index contributed by atoms with van der Waals surface area (Å²) in [5.41, 5.74) is 5.46. The molecular weight excluding hydrogens is 276 g/mol. The summed E-state index contributed by atoms with van der Waals surface area (Å²) in [4.78, 5) is 11.2. The Kier molecular flexibility index (Phi) is 8.99. The summed E-state index contributed by atoms with van der Waals surface area (Å²) in [6, 6.07) is 0. The molecular formula is C13H20N4O4. The number of ketones is 1. The van der Waals surface area contributed by atoms with Crippen LogP contribution in [0.4, 0.5) is 0 Å². The molecule has 8 nitrogen and oxygen atoms in total. The lowest BCUT2D eigenvalue weighted by atomic mass is 10.3. The monoisotopic (exact) mass is 296 g/mol. The molecule has 0 fully saturated rings. The molecule has 0 saturated heterocycles. The van der Waals surface area contributed by atoms with Crippen molar-refractivity contribution < 1.29 is 19.0 Å². The van der Waals surface area contributed by atoms with Crippen LogP contribution in [0, 0.1) is 11.8 Å². The molecule has 2 N–H and O–H groups in total. The van der Waals surface area contributed by atoms with Gasteiger partial charge >= 0.3 is 0 Å². The Morgan fingerprint density at radius 3 is 2.67 bits per heavy atom. The second-order valence-corrected chi connectivity index (χ2v) is 3.92. The molecule has 0 amide bonds. The lowest BCUT2D eigenvalue weighted by Crippen LogP contribution is -2.33. The van der Waals surface area contributed by atoms with Gasteiger partial charge in [-0.05, 0) is 12.8 Å². The van der Waals surface area contributed by atoms with Crippen molar-refractivity contribution in [2.24, 2.45) is 5.73 Å². The Labute approximate surface area is 123 Å². The van der Waals surface area contributed by atoms with Crippen molar-refractivity contribution in [2.75, 3.05) is 33.0 Å². The second kappa shape index (κ2) is 10.9. The van der Waals surface area contributed by atoms with Gasteiger partial charge in [0.2, 0.25) is 5.78 Å². The normalized spacial score (nSPS) is 11.7. The Morgan fingerprint density at radius 2 is 2.00 bits per heavy atom. The smallest absolute Gasteiger partial charge is 0.248 e. The number of hydrogen-bond donors (Lipinski definition) is 1. The van der Waals surface area contributed by atoms with Crippen LogP contribution < -0.4 is 5.73 Å². The Bertz CT molecular complexity index is 452. The zero-order valence-corrected chi connectivity index (χ0v) is 12.0. The fraction of sp³-hybridized carbons (Fsp3) is 0.615. The summed E-state index contributed by atoms with van der Waals surface area (Å²) in [5, 5.41) is 7.49. The number of carbonyl (C=O) groups is 1. The van der Waals surface area contributed by atoms with Crippen LogP contribution in [0.3, 0.4) is 0 Å². The van der Waals surface area contributed by atoms with Crippen molar-refractivity contribution >= 4 is 5.78 Å². The second-order valence-electron chi connectivity index (χ2n) is 3.92. The SMILES string of the molecule is CC#CC(=O)C(N)OCCOCCOCCn1ccnn1. The average molecular weight is 296 g/mol. The summed E-state index contributed by atoms with van der Waals surface area (Å²) in [6.45, 7) is 4.25. The molecule has 0 aliphatic heterocycles. The summed E-state index contributed by atoms with van der Waals surface area (Å²) in [5.74, 6) is 4.36. The highest BCUT2D eigenvalue weighted by molar-refractivity contribution is 5.98. The van der Waals surface area contributed by atoms with Gasteiger partial charge in [0, 0.05) is 6.20 Å².